The molecule has 0 spiro atoms. The quantitative estimate of drug-likeness (QED) is 0.826. The highest BCUT2D eigenvalue weighted by Gasteiger charge is 2.30. The Morgan fingerprint density at radius 2 is 1.62 bits per heavy atom. The average Bonchev–Trinajstić information content (AvgIpc) is 2.22. The van der Waals surface area contributed by atoms with E-state index in [0.29, 0.717) is 0 Å². The van der Waals surface area contributed by atoms with E-state index in [1.807, 2.05) is 26.8 Å². The molecular weight excluding hydrogens is 198 g/mol. The number of nitriles is 1. The van der Waals surface area contributed by atoms with Crippen LogP contribution in [0, 0.1) is 37.5 Å². The minimum absolute atomic E-state index is 0.739. The molecule has 2 nitrogen and oxygen atoms in total. The summed E-state index contributed by atoms with van der Waals surface area (Å²) in [6, 6.07) is 6.19. The van der Waals surface area contributed by atoms with E-state index in [2.05, 4.69) is 12.1 Å². The van der Waals surface area contributed by atoms with E-state index >= 15 is 0 Å². The van der Waals surface area contributed by atoms with Crippen LogP contribution in [0.5, 0.6) is 0 Å². The number of aliphatic hydroxyl groups is 1. The van der Waals surface area contributed by atoms with Gasteiger partial charge in [0.1, 0.15) is 0 Å². The summed E-state index contributed by atoms with van der Waals surface area (Å²) in [6.07, 6.45) is -0.739. The van der Waals surface area contributed by atoms with Gasteiger partial charge in [-0.05, 0) is 56.9 Å². The maximum atomic E-state index is 10.2. The summed E-state index contributed by atoms with van der Waals surface area (Å²) in [5, 5.41) is 19.3. The number of hydrogen-bond donors (Lipinski definition) is 1. The summed E-state index contributed by atoms with van der Waals surface area (Å²) in [5.74, 6) is 0. The van der Waals surface area contributed by atoms with Gasteiger partial charge in [0.05, 0.1) is 17.6 Å². The normalized spacial score (nSPS) is 13.3. The monoisotopic (exact) mass is 217 g/mol. The first-order chi connectivity index (χ1) is 7.29. The molecule has 16 heavy (non-hydrogen) atoms. The van der Waals surface area contributed by atoms with Gasteiger partial charge in [-0.3, -0.25) is 0 Å². The molecular formula is C14H19NO. The van der Waals surface area contributed by atoms with Crippen LogP contribution in [0.25, 0.3) is 0 Å². The topological polar surface area (TPSA) is 44.0 Å². The fourth-order valence-corrected chi connectivity index (χ4v) is 1.73. The van der Waals surface area contributed by atoms with Crippen LogP contribution in [0.2, 0.25) is 0 Å². The summed E-state index contributed by atoms with van der Waals surface area (Å²) in [5.41, 5.74) is 3.50. The Morgan fingerprint density at radius 3 is 2.12 bits per heavy atom. The molecule has 0 radical (unpaired) electrons. The fraction of sp³-hybridized carbons (Fsp3) is 0.500. The van der Waals surface area contributed by atoms with E-state index in [9.17, 15) is 5.11 Å². The first-order valence-electron chi connectivity index (χ1n) is 5.46. The molecule has 0 aliphatic carbocycles. The van der Waals surface area contributed by atoms with Gasteiger partial charge in [0.15, 0.2) is 0 Å². The highest BCUT2D eigenvalue weighted by Crippen LogP contribution is 2.35. The molecule has 0 fully saturated rings. The second-order valence-corrected chi connectivity index (χ2v) is 5.03. The van der Waals surface area contributed by atoms with Crippen molar-refractivity contribution in [3.05, 3.63) is 34.4 Å². The molecule has 0 heterocycles. The molecule has 0 saturated heterocycles. The van der Waals surface area contributed by atoms with Crippen LogP contribution in [0.3, 0.4) is 0 Å². The molecule has 1 aromatic carbocycles. The van der Waals surface area contributed by atoms with E-state index in [1.165, 1.54) is 5.56 Å². The maximum Gasteiger partial charge on any atom is 0.0973 e. The molecule has 1 aromatic rings. The van der Waals surface area contributed by atoms with Crippen LogP contribution in [0.1, 0.15) is 42.2 Å². The third-order valence-electron chi connectivity index (χ3n) is 3.15. The molecule has 0 saturated carbocycles. The highest BCUT2D eigenvalue weighted by molar-refractivity contribution is 5.38. The van der Waals surface area contributed by atoms with Crippen molar-refractivity contribution < 1.29 is 5.11 Å². The van der Waals surface area contributed by atoms with Gasteiger partial charge < -0.3 is 5.11 Å². The predicted octanol–water partition coefficient (Wildman–Crippen LogP) is 3.20. The number of nitrogens with zero attached hydrogens (tertiary/aromatic N) is 1. The van der Waals surface area contributed by atoms with Crippen molar-refractivity contribution in [3.8, 4) is 6.07 Å². The fourth-order valence-electron chi connectivity index (χ4n) is 1.73. The number of hydrogen-bond acceptors (Lipinski definition) is 2. The average molecular weight is 217 g/mol. The van der Waals surface area contributed by atoms with Crippen molar-refractivity contribution >= 4 is 0 Å². The van der Waals surface area contributed by atoms with Gasteiger partial charge in [0, 0.05) is 0 Å². The van der Waals surface area contributed by atoms with E-state index in [1.54, 1.807) is 13.8 Å². The van der Waals surface area contributed by atoms with Gasteiger partial charge in [-0.2, -0.15) is 5.26 Å². The minimum Gasteiger partial charge on any atom is -0.387 e. The molecule has 0 aromatic heterocycles. The molecule has 0 bridgehead atoms. The van der Waals surface area contributed by atoms with Crippen molar-refractivity contribution in [1.29, 1.82) is 5.26 Å². The zero-order valence-electron chi connectivity index (χ0n) is 10.6. The highest BCUT2D eigenvalue weighted by atomic mass is 16.3. The lowest BCUT2D eigenvalue weighted by molar-refractivity contribution is 0.0861. The lowest BCUT2D eigenvalue weighted by Crippen LogP contribution is -2.20. The van der Waals surface area contributed by atoms with E-state index < -0.39 is 11.5 Å². The Hall–Kier alpha value is -1.33. The Bertz CT molecular complexity index is 441. The van der Waals surface area contributed by atoms with Gasteiger partial charge >= 0.3 is 0 Å². The molecule has 1 N–H and O–H groups in total. The molecule has 0 aliphatic heterocycles. The van der Waals surface area contributed by atoms with Gasteiger partial charge in [0.2, 0.25) is 0 Å². The Kier molecular flexibility index (Phi) is 3.40. The molecule has 2 heteroatoms. The van der Waals surface area contributed by atoms with Crippen molar-refractivity contribution in [2.45, 2.75) is 40.7 Å². The summed E-state index contributed by atoms with van der Waals surface area (Å²) in [6.45, 7) is 9.55. The van der Waals surface area contributed by atoms with Gasteiger partial charge in [-0.1, -0.05) is 12.1 Å². The minimum atomic E-state index is -0.757. The maximum absolute atomic E-state index is 10.2. The molecule has 1 unspecified atom stereocenters. The summed E-state index contributed by atoms with van der Waals surface area (Å²) >= 11 is 0. The molecule has 86 valence electrons. The van der Waals surface area contributed by atoms with Crippen molar-refractivity contribution in [2.75, 3.05) is 0 Å². The lowest BCUT2D eigenvalue weighted by Gasteiger charge is -2.25. The largest absolute Gasteiger partial charge is 0.387 e. The van der Waals surface area contributed by atoms with Crippen LogP contribution in [-0.2, 0) is 0 Å². The number of benzene rings is 1. The van der Waals surface area contributed by atoms with Crippen LogP contribution < -0.4 is 0 Å². The first kappa shape index (κ1) is 12.7. The molecule has 0 amide bonds. The van der Waals surface area contributed by atoms with E-state index in [-0.39, 0.29) is 0 Å². The zero-order valence-corrected chi connectivity index (χ0v) is 10.6. The van der Waals surface area contributed by atoms with Gasteiger partial charge in [-0.25, -0.2) is 0 Å². The van der Waals surface area contributed by atoms with Crippen LogP contribution in [0.4, 0.5) is 0 Å². The smallest absolute Gasteiger partial charge is 0.0973 e. The second kappa shape index (κ2) is 4.27. The van der Waals surface area contributed by atoms with E-state index in [4.69, 9.17) is 5.26 Å². The first-order valence-corrected chi connectivity index (χ1v) is 5.46. The number of aryl methyl sites for hydroxylation is 3. The third kappa shape index (κ3) is 2.25. The van der Waals surface area contributed by atoms with Gasteiger partial charge in [0.25, 0.3) is 0 Å². The zero-order chi connectivity index (χ0) is 12.5. The number of aliphatic hydroxyl groups excluding tert-OH is 1. The van der Waals surface area contributed by atoms with Crippen LogP contribution in [-0.4, -0.2) is 5.11 Å². The number of rotatable bonds is 2. The second-order valence-electron chi connectivity index (χ2n) is 5.03. The molecule has 0 aliphatic rings. The standard InChI is InChI=1S/C14H19NO/c1-9-6-11(3)12(7-10(9)2)13(16)14(4,5)8-15/h6-7,13,16H,1-5H3. The Labute approximate surface area is 97.5 Å². The SMILES string of the molecule is Cc1cc(C)c(C(O)C(C)(C)C#N)cc1C. The summed E-state index contributed by atoms with van der Waals surface area (Å²) < 4.78 is 0. The lowest BCUT2D eigenvalue weighted by atomic mass is 9.82. The van der Waals surface area contributed by atoms with Crippen molar-refractivity contribution in [1.82, 2.24) is 0 Å². The predicted molar refractivity (Wildman–Crippen MR) is 65.0 cm³/mol. The molecule has 1 rings (SSSR count). The van der Waals surface area contributed by atoms with Crippen LogP contribution in [0.15, 0.2) is 12.1 Å². The Morgan fingerprint density at radius 1 is 1.12 bits per heavy atom. The van der Waals surface area contributed by atoms with E-state index in [0.717, 1.165) is 16.7 Å². The van der Waals surface area contributed by atoms with Crippen LogP contribution >= 0.6 is 0 Å². The summed E-state index contributed by atoms with van der Waals surface area (Å²) in [7, 11) is 0. The third-order valence-corrected chi connectivity index (χ3v) is 3.15. The van der Waals surface area contributed by atoms with Crippen molar-refractivity contribution in [2.24, 2.45) is 5.41 Å². The summed E-state index contributed by atoms with van der Waals surface area (Å²) in [4.78, 5) is 0. The van der Waals surface area contributed by atoms with Gasteiger partial charge in [-0.15, -0.1) is 0 Å². The molecule has 1 atom stereocenters. The van der Waals surface area contributed by atoms with Crippen molar-refractivity contribution in [3.63, 3.8) is 0 Å². The Balaban J connectivity index is 3.25.